The van der Waals surface area contributed by atoms with Crippen molar-refractivity contribution in [2.24, 2.45) is 0 Å². The largest absolute Gasteiger partial charge is 0.323 e. The number of anilines is 1. The number of thiophene rings is 1. The van der Waals surface area contributed by atoms with Gasteiger partial charge in [0.2, 0.25) is 5.91 Å². The molecule has 0 radical (unpaired) electrons. The first-order valence-electron chi connectivity index (χ1n) is 9.44. The third kappa shape index (κ3) is 3.86. The van der Waals surface area contributed by atoms with Crippen LogP contribution in [0.5, 0.6) is 0 Å². The normalized spacial score (nSPS) is 10.9. The Kier molecular flexibility index (Phi) is 5.66. The van der Waals surface area contributed by atoms with Gasteiger partial charge < -0.3 is 5.32 Å². The van der Waals surface area contributed by atoms with Crippen molar-refractivity contribution in [1.82, 2.24) is 4.98 Å². The number of carbonyl (C=O) groups excluding carboxylic acids is 2. The van der Waals surface area contributed by atoms with E-state index in [1.165, 1.54) is 18.3 Å². The maximum absolute atomic E-state index is 12.4. The number of Topliss-reactive ketones (excluding diaryl/α,β-unsaturated/α-hetero) is 1. The molecule has 0 aliphatic rings. The molecule has 0 aliphatic carbocycles. The number of aryl methyl sites for hydroxylation is 1. The summed E-state index contributed by atoms with van der Waals surface area (Å²) in [5.41, 5.74) is 5.32. The Bertz CT molecular complexity index is 1250. The number of halogens is 1. The van der Waals surface area contributed by atoms with Crippen LogP contribution >= 0.6 is 22.9 Å². The maximum atomic E-state index is 12.4. The number of benzene rings is 2. The van der Waals surface area contributed by atoms with Crippen LogP contribution in [-0.2, 0) is 4.79 Å². The number of rotatable bonds is 5. The fourth-order valence-electron chi connectivity index (χ4n) is 3.36. The highest BCUT2D eigenvalue weighted by molar-refractivity contribution is 7.21. The molecule has 0 saturated heterocycles. The van der Waals surface area contributed by atoms with Gasteiger partial charge in [-0.05, 0) is 24.1 Å². The summed E-state index contributed by atoms with van der Waals surface area (Å²) in [6.07, 6.45) is 0. The number of carbonyl (C=O) groups is 2. The van der Waals surface area contributed by atoms with Crippen LogP contribution in [0.4, 0.5) is 5.69 Å². The monoisotopic (exact) mass is 434 g/mol. The van der Waals surface area contributed by atoms with E-state index in [2.05, 4.69) is 5.32 Å². The first-order valence-corrected chi connectivity index (χ1v) is 10.8. The van der Waals surface area contributed by atoms with Gasteiger partial charge in [-0.1, -0.05) is 60.2 Å². The zero-order valence-corrected chi connectivity index (χ0v) is 18.1. The van der Waals surface area contributed by atoms with E-state index >= 15 is 0 Å². The number of hydrogen-bond acceptors (Lipinski definition) is 4. The van der Waals surface area contributed by atoms with Crippen LogP contribution in [0.15, 0.2) is 60.7 Å². The van der Waals surface area contributed by atoms with Crippen LogP contribution in [0.25, 0.3) is 32.6 Å². The third-order valence-electron chi connectivity index (χ3n) is 4.80. The molecule has 0 saturated carbocycles. The highest BCUT2D eigenvalue weighted by atomic mass is 35.5. The van der Waals surface area contributed by atoms with Crippen LogP contribution in [0.1, 0.15) is 22.2 Å². The van der Waals surface area contributed by atoms with E-state index < -0.39 is 0 Å². The Morgan fingerprint density at radius 2 is 1.73 bits per heavy atom. The van der Waals surface area contributed by atoms with Crippen LogP contribution in [-0.4, -0.2) is 22.6 Å². The zero-order valence-electron chi connectivity index (χ0n) is 16.5. The predicted octanol–water partition coefficient (Wildman–Crippen LogP) is 6.32. The van der Waals surface area contributed by atoms with E-state index in [0.717, 1.165) is 33.3 Å². The lowest BCUT2D eigenvalue weighted by molar-refractivity contribution is -0.113. The van der Waals surface area contributed by atoms with Crippen molar-refractivity contribution < 1.29 is 9.59 Å². The summed E-state index contributed by atoms with van der Waals surface area (Å²) in [4.78, 5) is 30.5. The number of nitrogens with zero attached hydrogens (tertiary/aromatic N) is 1. The number of fused-ring (bicyclic) bond motifs is 1. The van der Waals surface area contributed by atoms with Crippen molar-refractivity contribution >= 4 is 50.5 Å². The number of hydrogen-bond donors (Lipinski definition) is 1. The third-order valence-corrected chi connectivity index (χ3v) is 6.23. The summed E-state index contributed by atoms with van der Waals surface area (Å²) < 4.78 is 0. The second-order valence-electron chi connectivity index (χ2n) is 7.01. The van der Waals surface area contributed by atoms with Crippen molar-refractivity contribution in [2.45, 2.75) is 13.8 Å². The molecule has 0 spiro atoms. The summed E-state index contributed by atoms with van der Waals surface area (Å²) >= 11 is 7.01. The Morgan fingerprint density at radius 1 is 1.03 bits per heavy atom. The van der Waals surface area contributed by atoms with Gasteiger partial charge in [0.25, 0.3) is 0 Å². The lowest BCUT2D eigenvalue weighted by atomic mass is 9.98. The molecule has 6 heteroatoms. The summed E-state index contributed by atoms with van der Waals surface area (Å²) in [6.45, 7) is 3.52. The highest BCUT2D eigenvalue weighted by Crippen LogP contribution is 2.43. The van der Waals surface area contributed by atoms with Crippen molar-refractivity contribution in [3.8, 4) is 22.4 Å². The first kappa shape index (κ1) is 20.3. The number of alkyl halides is 1. The second kappa shape index (κ2) is 8.38. The topological polar surface area (TPSA) is 59.1 Å². The lowest BCUT2D eigenvalue weighted by Crippen LogP contribution is -2.14. The Morgan fingerprint density at radius 3 is 2.37 bits per heavy atom. The smallest absolute Gasteiger partial charge is 0.239 e. The molecule has 2 aromatic heterocycles. The van der Waals surface area contributed by atoms with Gasteiger partial charge in [0.15, 0.2) is 5.78 Å². The van der Waals surface area contributed by atoms with E-state index in [4.69, 9.17) is 16.6 Å². The number of ketones is 1. The molecule has 0 aliphatic heterocycles. The van der Waals surface area contributed by atoms with Crippen molar-refractivity contribution in [3.63, 3.8) is 0 Å². The molecule has 2 heterocycles. The van der Waals surface area contributed by atoms with Gasteiger partial charge in [0.1, 0.15) is 10.7 Å². The van der Waals surface area contributed by atoms with Gasteiger partial charge in [0, 0.05) is 17.9 Å². The minimum Gasteiger partial charge on any atom is -0.323 e. The summed E-state index contributed by atoms with van der Waals surface area (Å²) in [6, 6.07) is 20.1. The van der Waals surface area contributed by atoms with Crippen LogP contribution in [0.2, 0.25) is 0 Å². The SMILES string of the molecule is CC(=O)c1sc2nc(-c3ccccc3)cc(-c3ccc(C)cc3)c2c1NC(=O)CCl. The molecule has 0 atom stereocenters. The molecule has 4 aromatic rings. The average Bonchev–Trinajstić information content (AvgIpc) is 3.13. The van der Waals surface area contributed by atoms with E-state index in [1.54, 1.807) is 0 Å². The van der Waals surface area contributed by atoms with Gasteiger partial charge in [-0.3, -0.25) is 9.59 Å². The summed E-state index contributed by atoms with van der Waals surface area (Å²) in [7, 11) is 0. The molecule has 4 rings (SSSR count). The molecule has 1 amide bonds. The molecular formula is C24H19ClN2O2S. The number of amides is 1. The molecule has 0 unspecified atom stereocenters. The van der Waals surface area contributed by atoms with Crippen LogP contribution < -0.4 is 5.32 Å². The Labute approximate surface area is 183 Å². The van der Waals surface area contributed by atoms with Gasteiger partial charge in [-0.2, -0.15) is 0 Å². The van der Waals surface area contributed by atoms with Crippen molar-refractivity contribution in [1.29, 1.82) is 0 Å². The van der Waals surface area contributed by atoms with E-state index in [9.17, 15) is 9.59 Å². The standard InChI is InChI=1S/C24H19ClN2O2S/c1-14-8-10-16(11-9-14)18-12-19(17-6-4-3-5-7-17)26-24-21(18)22(27-20(29)13-25)23(30-24)15(2)28/h3-12H,13H2,1-2H3,(H,27,29). The molecule has 2 aromatic carbocycles. The van der Waals surface area contributed by atoms with E-state index in [-0.39, 0.29) is 17.6 Å². The first-order chi connectivity index (χ1) is 14.5. The zero-order chi connectivity index (χ0) is 21.3. The van der Waals surface area contributed by atoms with Crippen LogP contribution in [0.3, 0.4) is 0 Å². The highest BCUT2D eigenvalue weighted by Gasteiger charge is 2.22. The van der Waals surface area contributed by atoms with Crippen molar-refractivity contribution in [3.05, 3.63) is 71.1 Å². The Hall–Kier alpha value is -3.02. The minimum atomic E-state index is -0.360. The minimum absolute atomic E-state index is 0.126. The molecule has 0 fully saturated rings. The maximum Gasteiger partial charge on any atom is 0.239 e. The van der Waals surface area contributed by atoms with E-state index in [1.807, 2.05) is 67.6 Å². The number of aromatic nitrogens is 1. The fourth-order valence-corrected chi connectivity index (χ4v) is 4.47. The fraction of sp³-hybridized carbons (Fsp3) is 0.125. The Balaban J connectivity index is 2.06. The second-order valence-corrected chi connectivity index (χ2v) is 8.28. The summed E-state index contributed by atoms with van der Waals surface area (Å²) in [5.74, 6) is -0.677. The lowest BCUT2D eigenvalue weighted by Gasteiger charge is -2.11. The number of nitrogens with one attached hydrogen (secondary N) is 1. The summed E-state index contributed by atoms with van der Waals surface area (Å²) in [5, 5.41) is 3.58. The predicted molar refractivity (Wildman–Crippen MR) is 125 cm³/mol. The van der Waals surface area contributed by atoms with E-state index in [0.29, 0.717) is 15.4 Å². The quantitative estimate of drug-likeness (QED) is 0.295. The molecule has 1 N–H and O–H groups in total. The van der Waals surface area contributed by atoms with Crippen molar-refractivity contribution in [2.75, 3.05) is 11.2 Å². The van der Waals surface area contributed by atoms with Gasteiger partial charge >= 0.3 is 0 Å². The average molecular weight is 435 g/mol. The molecule has 4 nitrogen and oxygen atoms in total. The molecule has 0 bridgehead atoms. The van der Waals surface area contributed by atoms with Crippen LogP contribution in [0, 0.1) is 6.92 Å². The number of pyridine rings is 1. The molecule has 150 valence electrons. The molecule has 30 heavy (non-hydrogen) atoms. The van der Waals surface area contributed by atoms with Gasteiger partial charge in [0.05, 0.1) is 16.3 Å². The molecular weight excluding hydrogens is 416 g/mol. The van der Waals surface area contributed by atoms with Gasteiger partial charge in [-0.15, -0.1) is 22.9 Å². The van der Waals surface area contributed by atoms with Gasteiger partial charge in [-0.25, -0.2) is 4.98 Å².